The van der Waals surface area contributed by atoms with Crippen LogP contribution in [0.4, 0.5) is 5.69 Å². The molecular formula is C21H24N2O5. The Morgan fingerprint density at radius 3 is 2.54 bits per heavy atom. The number of Topliss-reactive ketones (excluding diaryl/α,β-unsaturated/α-hetero) is 1. The van der Waals surface area contributed by atoms with Gasteiger partial charge in [-0.1, -0.05) is 49.4 Å². The van der Waals surface area contributed by atoms with Crippen molar-refractivity contribution in [3.63, 3.8) is 0 Å². The van der Waals surface area contributed by atoms with E-state index in [2.05, 4.69) is 0 Å². The van der Waals surface area contributed by atoms with E-state index in [1.54, 1.807) is 49.4 Å². The molecule has 2 rings (SSSR count). The Morgan fingerprint density at radius 2 is 1.93 bits per heavy atom. The first-order valence-electron chi connectivity index (χ1n) is 9.16. The molecule has 0 saturated carbocycles. The molecule has 0 aromatic heterocycles. The quantitative estimate of drug-likeness (QED) is 0.193. The first-order valence-corrected chi connectivity index (χ1v) is 9.16. The summed E-state index contributed by atoms with van der Waals surface area (Å²) in [6, 6.07) is 13.2. The Kier molecular flexibility index (Phi) is 7.68. The number of ether oxygens (including phenoxy) is 1. The van der Waals surface area contributed by atoms with Crippen LogP contribution in [0.15, 0.2) is 48.5 Å². The van der Waals surface area contributed by atoms with Crippen molar-refractivity contribution in [1.82, 2.24) is 4.90 Å². The van der Waals surface area contributed by atoms with Crippen LogP contribution in [0, 0.1) is 17.0 Å². The molecule has 0 aliphatic rings. The molecule has 2 aromatic rings. The Hall–Kier alpha value is -3.22. The second-order valence-electron chi connectivity index (χ2n) is 6.38. The molecule has 1 atom stereocenters. The normalized spacial score (nSPS) is 11.5. The summed E-state index contributed by atoms with van der Waals surface area (Å²) in [6.07, 6.45) is 1.61. The summed E-state index contributed by atoms with van der Waals surface area (Å²) < 4.78 is 5.56. The van der Waals surface area contributed by atoms with Crippen LogP contribution < -0.4 is 4.74 Å². The highest BCUT2D eigenvalue weighted by Gasteiger charge is 2.24. The lowest BCUT2D eigenvalue weighted by Crippen LogP contribution is -2.41. The van der Waals surface area contributed by atoms with Gasteiger partial charge >= 0.3 is 5.69 Å². The Morgan fingerprint density at radius 1 is 1.21 bits per heavy atom. The van der Waals surface area contributed by atoms with Crippen LogP contribution in [0.3, 0.4) is 0 Å². The van der Waals surface area contributed by atoms with Crippen molar-refractivity contribution in [1.29, 1.82) is 0 Å². The molecule has 0 aliphatic heterocycles. The van der Waals surface area contributed by atoms with E-state index in [4.69, 9.17) is 4.74 Å². The Bertz CT molecular complexity index is 823. The van der Waals surface area contributed by atoms with E-state index in [0.717, 1.165) is 0 Å². The van der Waals surface area contributed by atoms with Gasteiger partial charge in [0.2, 0.25) is 6.41 Å². The van der Waals surface area contributed by atoms with Crippen LogP contribution in [0.2, 0.25) is 0 Å². The predicted octanol–water partition coefficient (Wildman–Crippen LogP) is 3.79. The number of ketones is 1. The minimum absolute atomic E-state index is 0.0552. The van der Waals surface area contributed by atoms with Crippen LogP contribution in [0.1, 0.15) is 35.7 Å². The summed E-state index contributed by atoms with van der Waals surface area (Å²) in [6.45, 7) is 4.03. The van der Waals surface area contributed by atoms with E-state index in [-0.39, 0.29) is 23.8 Å². The molecule has 0 saturated heterocycles. The molecule has 1 unspecified atom stereocenters. The lowest BCUT2D eigenvalue weighted by Gasteiger charge is -2.26. The summed E-state index contributed by atoms with van der Waals surface area (Å²) in [5, 5.41) is 11.2. The number of nitro benzene ring substituents is 1. The van der Waals surface area contributed by atoms with Gasteiger partial charge in [-0.25, -0.2) is 0 Å². The largest absolute Gasteiger partial charge is 0.487 e. The van der Waals surface area contributed by atoms with Gasteiger partial charge in [-0.3, -0.25) is 19.7 Å². The molecule has 0 fully saturated rings. The first kappa shape index (κ1) is 21.1. The number of nitro groups is 1. The van der Waals surface area contributed by atoms with E-state index in [1.807, 2.05) is 13.0 Å². The van der Waals surface area contributed by atoms with Crippen LogP contribution >= 0.6 is 0 Å². The fourth-order valence-corrected chi connectivity index (χ4v) is 3.06. The molecule has 0 radical (unpaired) electrons. The number of carbonyl (C=O) groups is 2. The molecule has 0 bridgehead atoms. The zero-order valence-electron chi connectivity index (χ0n) is 16.0. The van der Waals surface area contributed by atoms with Crippen molar-refractivity contribution in [2.45, 2.75) is 32.7 Å². The number of benzene rings is 2. The van der Waals surface area contributed by atoms with E-state index in [1.165, 1.54) is 4.90 Å². The number of carbonyl (C=O) groups excluding carboxylic acids is 2. The average Bonchev–Trinajstić information content (AvgIpc) is 2.70. The van der Waals surface area contributed by atoms with Crippen LogP contribution in [-0.2, 0) is 4.79 Å². The van der Waals surface area contributed by atoms with Crippen molar-refractivity contribution in [2.75, 3.05) is 13.2 Å². The van der Waals surface area contributed by atoms with E-state index < -0.39 is 11.0 Å². The standard InChI is InChI=1S/C21H24N2O5/c1-3-18(21(25)17-10-5-4-6-11-17)22(15-24)13-8-14-28-19-12-7-9-16(2)20(19)23(26)27/h4-7,9-12,15,18H,3,8,13-14H2,1-2H3. The number of hydrogen-bond donors (Lipinski definition) is 0. The number of nitrogens with zero attached hydrogens (tertiary/aromatic N) is 2. The number of hydrogen-bond acceptors (Lipinski definition) is 5. The topological polar surface area (TPSA) is 89.8 Å². The highest BCUT2D eigenvalue weighted by atomic mass is 16.6. The second-order valence-corrected chi connectivity index (χ2v) is 6.38. The molecule has 0 heterocycles. The summed E-state index contributed by atoms with van der Waals surface area (Å²) in [7, 11) is 0. The lowest BCUT2D eigenvalue weighted by atomic mass is 10.0. The van der Waals surface area contributed by atoms with Gasteiger partial charge in [-0.05, 0) is 25.8 Å². The molecule has 1 amide bonds. The van der Waals surface area contributed by atoms with Gasteiger partial charge in [0.25, 0.3) is 0 Å². The number of rotatable bonds is 11. The SMILES string of the molecule is CCC(C(=O)c1ccccc1)N(C=O)CCCOc1cccc(C)c1[N+](=O)[O-]. The fraction of sp³-hybridized carbons (Fsp3) is 0.333. The minimum Gasteiger partial charge on any atom is -0.487 e. The molecule has 28 heavy (non-hydrogen) atoms. The highest BCUT2D eigenvalue weighted by molar-refractivity contribution is 6.00. The van der Waals surface area contributed by atoms with Gasteiger partial charge in [-0.2, -0.15) is 0 Å². The maximum atomic E-state index is 12.7. The third-order valence-corrected chi connectivity index (χ3v) is 4.48. The fourth-order valence-electron chi connectivity index (χ4n) is 3.06. The van der Waals surface area contributed by atoms with Crippen LogP contribution in [0.25, 0.3) is 0 Å². The predicted molar refractivity (Wildman–Crippen MR) is 106 cm³/mol. The van der Waals surface area contributed by atoms with Crippen molar-refractivity contribution in [3.8, 4) is 5.75 Å². The smallest absolute Gasteiger partial charge is 0.313 e. The molecule has 7 nitrogen and oxygen atoms in total. The van der Waals surface area contributed by atoms with Crippen molar-refractivity contribution >= 4 is 17.9 Å². The van der Waals surface area contributed by atoms with E-state index in [9.17, 15) is 19.7 Å². The summed E-state index contributed by atoms with van der Waals surface area (Å²) in [5.74, 6) is 0.0977. The molecule has 7 heteroatoms. The zero-order chi connectivity index (χ0) is 20.5. The lowest BCUT2D eigenvalue weighted by molar-refractivity contribution is -0.386. The molecule has 0 spiro atoms. The number of amides is 1. The maximum Gasteiger partial charge on any atom is 0.313 e. The average molecular weight is 384 g/mol. The summed E-state index contributed by atoms with van der Waals surface area (Å²) >= 11 is 0. The van der Waals surface area contributed by atoms with Gasteiger partial charge in [0.05, 0.1) is 17.6 Å². The maximum absolute atomic E-state index is 12.7. The zero-order valence-corrected chi connectivity index (χ0v) is 16.0. The third kappa shape index (κ3) is 5.16. The molecule has 148 valence electrons. The van der Waals surface area contributed by atoms with E-state index in [0.29, 0.717) is 36.9 Å². The minimum atomic E-state index is -0.548. The monoisotopic (exact) mass is 384 g/mol. The summed E-state index contributed by atoms with van der Waals surface area (Å²) in [5.41, 5.74) is 1.03. The highest BCUT2D eigenvalue weighted by Crippen LogP contribution is 2.30. The summed E-state index contributed by atoms with van der Waals surface area (Å²) in [4.78, 5) is 36.4. The van der Waals surface area contributed by atoms with E-state index >= 15 is 0 Å². The van der Waals surface area contributed by atoms with Gasteiger partial charge in [-0.15, -0.1) is 0 Å². The van der Waals surface area contributed by atoms with Gasteiger partial charge in [0.1, 0.15) is 0 Å². The molecular weight excluding hydrogens is 360 g/mol. The van der Waals surface area contributed by atoms with Crippen LogP contribution in [-0.4, -0.2) is 41.2 Å². The first-order chi connectivity index (χ1) is 13.5. The second kappa shape index (κ2) is 10.2. The number of para-hydroxylation sites is 1. The van der Waals surface area contributed by atoms with Gasteiger partial charge < -0.3 is 9.64 Å². The van der Waals surface area contributed by atoms with Gasteiger partial charge in [0.15, 0.2) is 11.5 Å². The number of aryl methyl sites for hydroxylation is 1. The van der Waals surface area contributed by atoms with Crippen molar-refractivity contribution in [3.05, 3.63) is 69.8 Å². The van der Waals surface area contributed by atoms with Crippen LogP contribution in [0.5, 0.6) is 5.75 Å². The van der Waals surface area contributed by atoms with Crippen molar-refractivity contribution < 1.29 is 19.2 Å². The Labute approximate surface area is 164 Å². The molecule has 0 N–H and O–H groups in total. The van der Waals surface area contributed by atoms with Gasteiger partial charge in [0, 0.05) is 17.7 Å². The Balaban J connectivity index is 1.97. The third-order valence-electron chi connectivity index (χ3n) is 4.48. The van der Waals surface area contributed by atoms with Crippen molar-refractivity contribution in [2.24, 2.45) is 0 Å². The molecule has 0 aliphatic carbocycles. The molecule has 2 aromatic carbocycles.